The molecule has 20 heavy (non-hydrogen) atoms. The maximum atomic E-state index is 13.5. The van der Waals surface area contributed by atoms with E-state index in [1.54, 1.807) is 0 Å². The van der Waals surface area contributed by atoms with Crippen molar-refractivity contribution in [2.24, 2.45) is 0 Å². The first kappa shape index (κ1) is 14.2. The Morgan fingerprint density at radius 3 is 2.50 bits per heavy atom. The highest BCUT2D eigenvalue weighted by molar-refractivity contribution is 5.93. The Labute approximate surface area is 116 Å². The van der Waals surface area contributed by atoms with E-state index in [4.69, 9.17) is 0 Å². The molecule has 0 saturated heterocycles. The van der Waals surface area contributed by atoms with E-state index in [-0.39, 0.29) is 17.9 Å². The number of nitrogens with one attached hydrogen (secondary N) is 1. The minimum Gasteiger partial charge on any atom is -0.326 e. The van der Waals surface area contributed by atoms with Crippen molar-refractivity contribution in [3.8, 4) is 0 Å². The van der Waals surface area contributed by atoms with Gasteiger partial charge in [0.15, 0.2) is 0 Å². The predicted octanol–water partition coefficient (Wildman–Crippen LogP) is 3.76. The summed E-state index contributed by atoms with van der Waals surface area (Å²) in [6.45, 7) is 3.85. The summed E-state index contributed by atoms with van der Waals surface area (Å²) in [4.78, 5) is 11.9. The summed E-state index contributed by atoms with van der Waals surface area (Å²) >= 11 is 0. The van der Waals surface area contributed by atoms with Crippen LogP contribution < -0.4 is 5.32 Å². The Morgan fingerprint density at radius 2 is 1.85 bits per heavy atom. The molecular weight excluding hydrogens is 260 g/mol. The van der Waals surface area contributed by atoms with Crippen molar-refractivity contribution in [1.29, 1.82) is 0 Å². The molecule has 104 valence electrons. The Bertz CT molecular complexity index is 597. The summed E-state index contributed by atoms with van der Waals surface area (Å²) in [7, 11) is 0. The molecule has 0 radical (unpaired) electrons. The van der Waals surface area contributed by atoms with Crippen LogP contribution in [0.1, 0.15) is 16.7 Å². The van der Waals surface area contributed by atoms with Crippen LogP contribution in [0.5, 0.6) is 0 Å². The molecule has 2 nitrogen and oxygen atoms in total. The number of carbonyl (C=O) groups excluding carboxylic acids is 1. The van der Waals surface area contributed by atoms with E-state index in [9.17, 15) is 13.6 Å². The first-order valence-corrected chi connectivity index (χ1v) is 6.27. The molecule has 4 heteroatoms. The fourth-order valence-electron chi connectivity index (χ4n) is 1.99. The average Bonchev–Trinajstić information content (AvgIpc) is 2.36. The van der Waals surface area contributed by atoms with E-state index in [0.29, 0.717) is 5.69 Å². The third kappa shape index (κ3) is 3.41. The van der Waals surface area contributed by atoms with Crippen LogP contribution in [0.3, 0.4) is 0 Å². The number of hydrogen-bond donors (Lipinski definition) is 1. The van der Waals surface area contributed by atoms with Crippen LogP contribution in [-0.2, 0) is 11.2 Å². The highest BCUT2D eigenvalue weighted by Gasteiger charge is 2.10. The second-order valence-corrected chi connectivity index (χ2v) is 4.78. The van der Waals surface area contributed by atoms with Crippen LogP contribution in [0.25, 0.3) is 0 Å². The van der Waals surface area contributed by atoms with Gasteiger partial charge in [0.25, 0.3) is 0 Å². The molecule has 0 aliphatic carbocycles. The number of anilines is 1. The SMILES string of the molecule is Cc1ccc(NC(=O)Cc2ccc(F)cc2F)c(C)c1. The van der Waals surface area contributed by atoms with Gasteiger partial charge in [0.05, 0.1) is 6.42 Å². The summed E-state index contributed by atoms with van der Waals surface area (Å²) < 4.78 is 26.2. The highest BCUT2D eigenvalue weighted by atomic mass is 19.1. The summed E-state index contributed by atoms with van der Waals surface area (Å²) in [6, 6.07) is 8.85. The van der Waals surface area contributed by atoms with Gasteiger partial charge in [-0.1, -0.05) is 23.8 Å². The predicted molar refractivity (Wildman–Crippen MR) is 74.6 cm³/mol. The zero-order valence-corrected chi connectivity index (χ0v) is 11.3. The van der Waals surface area contributed by atoms with Gasteiger partial charge in [-0.2, -0.15) is 0 Å². The molecule has 0 bridgehead atoms. The van der Waals surface area contributed by atoms with Crippen LogP contribution in [0.4, 0.5) is 14.5 Å². The Morgan fingerprint density at radius 1 is 1.10 bits per heavy atom. The number of halogens is 2. The van der Waals surface area contributed by atoms with Gasteiger partial charge in [0.2, 0.25) is 5.91 Å². The molecule has 0 spiro atoms. The lowest BCUT2D eigenvalue weighted by molar-refractivity contribution is -0.115. The van der Waals surface area contributed by atoms with Crippen LogP contribution in [0, 0.1) is 25.5 Å². The van der Waals surface area contributed by atoms with Crippen molar-refractivity contribution in [2.45, 2.75) is 20.3 Å². The van der Waals surface area contributed by atoms with E-state index in [0.717, 1.165) is 23.3 Å². The van der Waals surface area contributed by atoms with Gasteiger partial charge in [-0.05, 0) is 37.1 Å². The Balaban J connectivity index is 2.09. The second kappa shape index (κ2) is 5.82. The monoisotopic (exact) mass is 275 g/mol. The Hall–Kier alpha value is -2.23. The summed E-state index contributed by atoms with van der Waals surface area (Å²) in [6.07, 6.45) is -0.126. The maximum absolute atomic E-state index is 13.5. The van der Waals surface area contributed by atoms with Crippen molar-refractivity contribution < 1.29 is 13.6 Å². The van der Waals surface area contributed by atoms with Gasteiger partial charge in [-0.25, -0.2) is 8.78 Å². The van der Waals surface area contributed by atoms with E-state index in [1.807, 2.05) is 32.0 Å². The summed E-state index contributed by atoms with van der Waals surface area (Å²) in [5.74, 6) is -1.69. The molecule has 0 unspecified atom stereocenters. The zero-order valence-electron chi connectivity index (χ0n) is 11.3. The molecule has 2 aromatic rings. The van der Waals surface area contributed by atoms with Gasteiger partial charge in [0, 0.05) is 11.8 Å². The van der Waals surface area contributed by atoms with E-state index in [2.05, 4.69) is 5.32 Å². The normalized spacial score (nSPS) is 10.4. The van der Waals surface area contributed by atoms with E-state index >= 15 is 0 Å². The average molecular weight is 275 g/mol. The first-order valence-electron chi connectivity index (χ1n) is 6.27. The van der Waals surface area contributed by atoms with Gasteiger partial charge in [-0.15, -0.1) is 0 Å². The maximum Gasteiger partial charge on any atom is 0.228 e. The third-order valence-corrected chi connectivity index (χ3v) is 3.02. The highest BCUT2D eigenvalue weighted by Crippen LogP contribution is 2.17. The molecule has 2 rings (SSSR count). The summed E-state index contributed by atoms with van der Waals surface area (Å²) in [5.41, 5.74) is 2.92. The standard InChI is InChI=1S/C16H15F2NO/c1-10-3-6-15(11(2)7-10)19-16(20)8-12-4-5-13(17)9-14(12)18/h3-7,9H,8H2,1-2H3,(H,19,20). The molecule has 0 atom stereocenters. The number of carbonyl (C=O) groups is 1. The van der Waals surface area contributed by atoms with Crippen molar-refractivity contribution >= 4 is 11.6 Å². The summed E-state index contributed by atoms with van der Waals surface area (Å²) in [5, 5.41) is 2.73. The van der Waals surface area contributed by atoms with Crippen LogP contribution in [0.15, 0.2) is 36.4 Å². The fourth-order valence-corrected chi connectivity index (χ4v) is 1.99. The molecule has 0 aliphatic rings. The number of benzene rings is 2. The smallest absolute Gasteiger partial charge is 0.228 e. The lowest BCUT2D eigenvalue weighted by Gasteiger charge is -2.09. The molecule has 0 fully saturated rings. The molecule has 2 aromatic carbocycles. The molecular formula is C16H15F2NO. The molecule has 0 aromatic heterocycles. The van der Waals surface area contributed by atoms with Crippen molar-refractivity contribution in [3.05, 3.63) is 64.7 Å². The quantitative estimate of drug-likeness (QED) is 0.907. The second-order valence-electron chi connectivity index (χ2n) is 4.78. The van der Waals surface area contributed by atoms with Crippen LogP contribution >= 0.6 is 0 Å². The largest absolute Gasteiger partial charge is 0.326 e. The third-order valence-electron chi connectivity index (χ3n) is 3.02. The molecule has 0 heterocycles. The lowest BCUT2D eigenvalue weighted by atomic mass is 10.1. The van der Waals surface area contributed by atoms with Gasteiger partial charge < -0.3 is 5.32 Å². The number of amides is 1. The minimum atomic E-state index is -0.708. The number of aryl methyl sites for hydroxylation is 2. The van der Waals surface area contributed by atoms with Crippen molar-refractivity contribution in [2.75, 3.05) is 5.32 Å². The van der Waals surface area contributed by atoms with Crippen molar-refractivity contribution in [3.63, 3.8) is 0 Å². The first-order chi connectivity index (χ1) is 9.45. The zero-order chi connectivity index (χ0) is 14.7. The van der Waals surface area contributed by atoms with Gasteiger partial charge >= 0.3 is 0 Å². The topological polar surface area (TPSA) is 29.1 Å². The number of rotatable bonds is 3. The minimum absolute atomic E-state index is 0.126. The molecule has 0 saturated carbocycles. The number of hydrogen-bond acceptors (Lipinski definition) is 1. The van der Waals surface area contributed by atoms with Gasteiger partial charge in [-0.3, -0.25) is 4.79 Å². The van der Waals surface area contributed by atoms with Crippen LogP contribution in [0.2, 0.25) is 0 Å². The van der Waals surface area contributed by atoms with Crippen molar-refractivity contribution in [1.82, 2.24) is 0 Å². The van der Waals surface area contributed by atoms with E-state index in [1.165, 1.54) is 6.07 Å². The van der Waals surface area contributed by atoms with E-state index < -0.39 is 11.6 Å². The molecule has 0 aliphatic heterocycles. The Kier molecular flexibility index (Phi) is 4.13. The molecule has 1 amide bonds. The lowest BCUT2D eigenvalue weighted by Crippen LogP contribution is -2.16. The van der Waals surface area contributed by atoms with Gasteiger partial charge in [0.1, 0.15) is 11.6 Å². The van der Waals surface area contributed by atoms with Crippen LogP contribution in [-0.4, -0.2) is 5.91 Å². The fraction of sp³-hybridized carbons (Fsp3) is 0.188. The molecule has 1 N–H and O–H groups in total.